The van der Waals surface area contributed by atoms with Gasteiger partial charge in [-0.25, -0.2) is 9.67 Å². The van der Waals surface area contributed by atoms with Crippen molar-refractivity contribution in [3.63, 3.8) is 0 Å². The molecule has 17 heavy (non-hydrogen) atoms. The first-order valence-electron chi connectivity index (χ1n) is 4.87. The van der Waals surface area contributed by atoms with E-state index in [0.29, 0.717) is 17.4 Å². The molecule has 7 heteroatoms. The molecule has 0 bridgehead atoms. The third-order valence-electron chi connectivity index (χ3n) is 2.09. The number of ether oxygens (including phenoxy) is 1. The molecule has 0 atom stereocenters. The summed E-state index contributed by atoms with van der Waals surface area (Å²) in [5, 5.41) is 3.99. The second-order valence-corrected chi connectivity index (χ2v) is 3.30. The van der Waals surface area contributed by atoms with Gasteiger partial charge in [0.05, 0.1) is 31.7 Å². The van der Waals surface area contributed by atoms with Crippen molar-refractivity contribution < 1.29 is 4.74 Å². The zero-order valence-corrected chi connectivity index (χ0v) is 9.20. The Bertz CT molecular complexity index is 564. The molecule has 2 aromatic rings. The van der Waals surface area contributed by atoms with Gasteiger partial charge < -0.3 is 10.5 Å². The highest BCUT2D eigenvalue weighted by Gasteiger charge is 2.03. The molecule has 0 saturated heterocycles. The Kier molecular flexibility index (Phi) is 2.99. The van der Waals surface area contributed by atoms with E-state index in [-0.39, 0.29) is 12.1 Å². The predicted octanol–water partition coefficient (Wildman–Crippen LogP) is -0.328. The van der Waals surface area contributed by atoms with Gasteiger partial charge in [0, 0.05) is 12.1 Å². The lowest BCUT2D eigenvalue weighted by atomic mass is 10.4. The topological polar surface area (TPSA) is 95.9 Å². The van der Waals surface area contributed by atoms with E-state index in [9.17, 15) is 4.79 Å². The van der Waals surface area contributed by atoms with Crippen LogP contribution < -0.4 is 16.0 Å². The number of methoxy groups -OCH3 is 1. The van der Waals surface area contributed by atoms with Gasteiger partial charge in [0.15, 0.2) is 0 Å². The van der Waals surface area contributed by atoms with Gasteiger partial charge in [0.1, 0.15) is 5.82 Å². The van der Waals surface area contributed by atoms with E-state index in [2.05, 4.69) is 15.1 Å². The van der Waals surface area contributed by atoms with E-state index in [4.69, 9.17) is 10.5 Å². The molecule has 88 valence electrons. The van der Waals surface area contributed by atoms with Crippen LogP contribution in [-0.4, -0.2) is 26.9 Å². The van der Waals surface area contributed by atoms with Crippen molar-refractivity contribution in [2.75, 3.05) is 12.8 Å². The van der Waals surface area contributed by atoms with Gasteiger partial charge in [-0.3, -0.25) is 9.78 Å². The van der Waals surface area contributed by atoms with Crippen LogP contribution in [0, 0.1) is 0 Å². The first-order chi connectivity index (χ1) is 8.19. The van der Waals surface area contributed by atoms with Crippen molar-refractivity contribution in [3.05, 3.63) is 40.6 Å². The molecule has 2 N–H and O–H groups in total. The van der Waals surface area contributed by atoms with Crippen molar-refractivity contribution in [3.8, 4) is 5.88 Å². The Morgan fingerprint density at radius 3 is 2.82 bits per heavy atom. The van der Waals surface area contributed by atoms with E-state index in [0.717, 1.165) is 0 Å². The molecule has 0 saturated carbocycles. The second kappa shape index (κ2) is 4.60. The molecule has 0 amide bonds. The molecular weight excluding hydrogens is 222 g/mol. The highest BCUT2D eigenvalue weighted by atomic mass is 16.5. The van der Waals surface area contributed by atoms with Crippen LogP contribution in [0.2, 0.25) is 0 Å². The highest BCUT2D eigenvalue weighted by molar-refractivity contribution is 5.22. The molecule has 0 radical (unpaired) electrons. The minimum absolute atomic E-state index is 0.226. The molecular formula is C10H11N5O2. The minimum atomic E-state index is -0.232. The van der Waals surface area contributed by atoms with E-state index in [1.54, 1.807) is 0 Å². The van der Waals surface area contributed by atoms with Gasteiger partial charge in [-0.1, -0.05) is 0 Å². The Balaban J connectivity index is 2.29. The van der Waals surface area contributed by atoms with Gasteiger partial charge in [0.2, 0.25) is 5.88 Å². The largest absolute Gasteiger partial charge is 0.480 e. The summed E-state index contributed by atoms with van der Waals surface area (Å²) in [6, 6.07) is 2.89. The summed E-state index contributed by atoms with van der Waals surface area (Å²) in [4.78, 5) is 19.5. The summed E-state index contributed by atoms with van der Waals surface area (Å²) < 4.78 is 6.19. The first-order valence-corrected chi connectivity index (χ1v) is 4.87. The monoisotopic (exact) mass is 233 g/mol. The summed E-state index contributed by atoms with van der Waals surface area (Å²) in [5.74, 6) is 0.702. The van der Waals surface area contributed by atoms with Crippen molar-refractivity contribution in [1.29, 1.82) is 0 Å². The van der Waals surface area contributed by atoms with Gasteiger partial charge in [-0.15, -0.1) is 5.10 Å². The van der Waals surface area contributed by atoms with Crippen LogP contribution in [0.25, 0.3) is 0 Å². The fourth-order valence-corrected chi connectivity index (χ4v) is 1.25. The number of nitrogens with two attached hydrogens (primary N) is 1. The van der Waals surface area contributed by atoms with Gasteiger partial charge in [-0.2, -0.15) is 0 Å². The summed E-state index contributed by atoms with van der Waals surface area (Å²) in [6.45, 7) is 0.226. The Morgan fingerprint density at radius 2 is 2.18 bits per heavy atom. The number of hydrogen-bond acceptors (Lipinski definition) is 6. The van der Waals surface area contributed by atoms with E-state index < -0.39 is 0 Å². The van der Waals surface area contributed by atoms with Crippen LogP contribution >= 0.6 is 0 Å². The number of hydrogen-bond donors (Lipinski definition) is 1. The molecule has 0 spiro atoms. The van der Waals surface area contributed by atoms with E-state index in [1.807, 2.05) is 0 Å². The lowest BCUT2D eigenvalue weighted by molar-refractivity contribution is 0.378. The molecule has 2 heterocycles. The molecule has 0 aromatic carbocycles. The van der Waals surface area contributed by atoms with Gasteiger partial charge in [-0.05, 0) is 0 Å². The first kappa shape index (κ1) is 11.1. The van der Waals surface area contributed by atoms with Crippen molar-refractivity contribution in [1.82, 2.24) is 19.7 Å². The number of rotatable bonds is 3. The number of nitrogen functional groups attached to an aromatic ring is 1. The van der Waals surface area contributed by atoms with Crippen molar-refractivity contribution >= 4 is 5.82 Å². The zero-order chi connectivity index (χ0) is 12.3. The van der Waals surface area contributed by atoms with Crippen molar-refractivity contribution in [2.45, 2.75) is 6.54 Å². The van der Waals surface area contributed by atoms with Gasteiger partial charge in [0.25, 0.3) is 5.56 Å². The minimum Gasteiger partial charge on any atom is -0.480 e. The Labute approximate surface area is 96.9 Å². The second-order valence-electron chi connectivity index (χ2n) is 3.30. The lowest BCUT2D eigenvalue weighted by Crippen LogP contribution is -2.23. The predicted molar refractivity (Wildman–Crippen MR) is 60.6 cm³/mol. The van der Waals surface area contributed by atoms with Crippen LogP contribution in [0.15, 0.2) is 29.3 Å². The van der Waals surface area contributed by atoms with Crippen molar-refractivity contribution in [2.24, 2.45) is 0 Å². The Hall–Kier alpha value is -2.44. The summed E-state index contributed by atoms with van der Waals surface area (Å²) in [6.07, 6.45) is 2.93. The smallest absolute Gasteiger partial charge is 0.267 e. The standard InChI is InChI=1S/C10H11N5O2/c1-17-9-2-3-10(16)15(14-9)6-7-4-13-8(11)5-12-7/h2-5H,6H2,1H3,(H2,11,13). The van der Waals surface area contributed by atoms with E-state index in [1.165, 1.54) is 36.3 Å². The van der Waals surface area contributed by atoms with Crippen LogP contribution in [0.5, 0.6) is 5.88 Å². The zero-order valence-electron chi connectivity index (χ0n) is 9.20. The van der Waals surface area contributed by atoms with Crippen LogP contribution in [0.1, 0.15) is 5.69 Å². The van der Waals surface area contributed by atoms with E-state index >= 15 is 0 Å². The summed E-state index contributed by atoms with van der Waals surface area (Å²) in [7, 11) is 1.49. The molecule has 0 fully saturated rings. The number of nitrogens with zero attached hydrogens (tertiary/aromatic N) is 4. The maximum Gasteiger partial charge on any atom is 0.267 e. The SMILES string of the molecule is COc1ccc(=O)n(Cc2cnc(N)cn2)n1. The average Bonchev–Trinajstić information content (AvgIpc) is 2.35. The number of aromatic nitrogens is 4. The Morgan fingerprint density at radius 1 is 1.35 bits per heavy atom. The maximum atomic E-state index is 11.5. The molecule has 0 aliphatic rings. The molecule has 0 unspecified atom stereocenters. The average molecular weight is 233 g/mol. The quantitative estimate of drug-likeness (QED) is 0.780. The molecule has 0 aliphatic heterocycles. The summed E-state index contributed by atoms with van der Waals surface area (Å²) in [5.41, 5.74) is 5.78. The van der Waals surface area contributed by atoms with Crippen LogP contribution in [-0.2, 0) is 6.54 Å². The number of anilines is 1. The van der Waals surface area contributed by atoms with Crippen LogP contribution in [0.3, 0.4) is 0 Å². The molecule has 7 nitrogen and oxygen atoms in total. The molecule has 2 aromatic heterocycles. The third-order valence-corrected chi connectivity index (χ3v) is 2.09. The summed E-state index contributed by atoms with van der Waals surface area (Å²) >= 11 is 0. The lowest BCUT2D eigenvalue weighted by Gasteiger charge is -2.05. The maximum absolute atomic E-state index is 11.5. The molecule has 0 aliphatic carbocycles. The fourth-order valence-electron chi connectivity index (χ4n) is 1.25. The molecule has 2 rings (SSSR count). The third kappa shape index (κ3) is 2.57. The fraction of sp³-hybridized carbons (Fsp3) is 0.200. The van der Waals surface area contributed by atoms with Crippen LogP contribution in [0.4, 0.5) is 5.82 Å². The normalized spacial score (nSPS) is 10.2. The highest BCUT2D eigenvalue weighted by Crippen LogP contribution is 2.01. The van der Waals surface area contributed by atoms with Gasteiger partial charge >= 0.3 is 0 Å².